The molecular weight excluding hydrogens is 370 g/mol. The molecular formula is C18H24ClN5O3. The lowest BCUT2D eigenvalue weighted by molar-refractivity contribution is -0.132. The highest BCUT2D eigenvalue weighted by molar-refractivity contribution is 5.85. The number of likely N-dealkylation sites (tertiary alicyclic amines) is 1. The number of hydrogen-bond acceptors (Lipinski definition) is 5. The maximum atomic E-state index is 12.9. The van der Waals surface area contributed by atoms with E-state index in [4.69, 9.17) is 4.74 Å². The monoisotopic (exact) mass is 393 g/mol. The van der Waals surface area contributed by atoms with Gasteiger partial charge in [-0.3, -0.25) is 9.78 Å². The molecule has 27 heavy (non-hydrogen) atoms. The van der Waals surface area contributed by atoms with Crippen LogP contribution in [0.2, 0.25) is 0 Å². The van der Waals surface area contributed by atoms with Gasteiger partial charge in [0.1, 0.15) is 11.6 Å². The first-order chi connectivity index (χ1) is 12.7. The van der Waals surface area contributed by atoms with E-state index < -0.39 is 0 Å². The second-order valence-electron chi connectivity index (χ2n) is 6.97. The number of aromatic amines is 2. The molecule has 2 fully saturated rings. The van der Waals surface area contributed by atoms with Crippen molar-refractivity contribution in [3.8, 4) is 5.75 Å². The molecule has 0 bridgehead atoms. The number of nitrogens with one attached hydrogen (secondary N) is 3. The van der Waals surface area contributed by atoms with Gasteiger partial charge < -0.3 is 15.0 Å². The predicted molar refractivity (Wildman–Crippen MR) is 102 cm³/mol. The number of carbonyl (C=O) groups is 1. The summed E-state index contributed by atoms with van der Waals surface area (Å²) in [5, 5.41) is 9.66. The molecule has 0 aliphatic carbocycles. The van der Waals surface area contributed by atoms with Crippen LogP contribution in [-0.4, -0.2) is 52.7 Å². The second kappa shape index (κ2) is 8.14. The number of hydrogen-bond donors (Lipinski definition) is 3. The molecule has 1 aromatic carbocycles. The van der Waals surface area contributed by atoms with E-state index >= 15 is 0 Å². The van der Waals surface area contributed by atoms with Crippen LogP contribution < -0.4 is 15.7 Å². The zero-order chi connectivity index (χ0) is 18.1. The Kier molecular flexibility index (Phi) is 5.86. The van der Waals surface area contributed by atoms with E-state index in [0.29, 0.717) is 30.5 Å². The van der Waals surface area contributed by atoms with Crippen molar-refractivity contribution in [1.29, 1.82) is 0 Å². The molecule has 0 unspecified atom stereocenters. The first-order valence-corrected chi connectivity index (χ1v) is 8.93. The largest absolute Gasteiger partial charge is 0.497 e. The van der Waals surface area contributed by atoms with Gasteiger partial charge in [-0.25, -0.2) is 9.89 Å². The van der Waals surface area contributed by atoms with Crippen LogP contribution in [0.4, 0.5) is 0 Å². The van der Waals surface area contributed by atoms with E-state index in [1.54, 1.807) is 7.11 Å². The molecule has 0 saturated carbocycles. The smallest absolute Gasteiger partial charge is 0.340 e. The molecule has 3 N–H and O–H groups in total. The van der Waals surface area contributed by atoms with E-state index in [2.05, 4.69) is 32.6 Å². The number of aromatic nitrogens is 3. The Balaban J connectivity index is 0.00000210. The summed E-state index contributed by atoms with van der Waals surface area (Å²) in [5.74, 6) is 2.34. The molecule has 3 atom stereocenters. The molecule has 0 spiro atoms. The quantitative estimate of drug-likeness (QED) is 0.699. The maximum absolute atomic E-state index is 12.9. The number of fused-ring (bicyclic) bond motifs is 1. The Morgan fingerprint density at radius 1 is 1.30 bits per heavy atom. The minimum Gasteiger partial charge on any atom is -0.497 e. The van der Waals surface area contributed by atoms with Gasteiger partial charge in [-0.05, 0) is 23.6 Å². The number of amides is 1. The average Bonchev–Trinajstić information content (AvgIpc) is 3.35. The first-order valence-electron chi connectivity index (χ1n) is 8.93. The Morgan fingerprint density at radius 2 is 2.07 bits per heavy atom. The van der Waals surface area contributed by atoms with Crippen molar-refractivity contribution in [2.45, 2.75) is 18.9 Å². The zero-order valence-electron chi connectivity index (χ0n) is 15.1. The standard InChI is InChI=1S/C18H23N5O3.ClH/c1-26-13-4-2-11(3-5-13)17-14-9-19-8-12(14)10-23(17)16(24)7-6-15-20-18(25)22-21-15;/h2-5,12,14,17,19H,6-10H2,1H3,(H2,20,21,22,25);1H/t12-,14-,17-;/m0./s1. The molecule has 4 rings (SSSR count). The van der Waals surface area contributed by atoms with E-state index in [1.807, 2.05) is 17.0 Å². The molecule has 8 nitrogen and oxygen atoms in total. The van der Waals surface area contributed by atoms with Gasteiger partial charge in [0.25, 0.3) is 0 Å². The summed E-state index contributed by atoms with van der Waals surface area (Å²) in [6, 6.07) is 8.07. The minimum atomic E-state index is -0.342. The van der Waals surface area contributed by atoms with Gasteiger partial charge in [-0.15, -0.1) is 12.4 Å². The van der Waals surface area contributed by atoms with Gasteiger partial charge in [0, 0.05) is 38.4 Å². The lowest BCUT2D eigenvalue weighted by atomic mass is 9.89. The van der Waals surface area contributed by atoms with Gasteiger partial charge in [0.2, 0.25) is 5.91 Å². The topological polar surface area (TPSA) is 103 Å². The third-order valence-corrected chi connectivity index (χ3v) is 5.47. The molecule has 2 saturated heterocycles. The van der Waals surface area contributed by atoms with E-state index in [1.165, 1.54) is 0 Å². The van der Waals surface area contributed by atoms with Crippen molar-refractivity contribution in [2.24, 2.45) is 11.8 Å². The summed E-state index contributed by atoms with van der Waals surface area (Å²) in [6.45, 7) is 2.65. The van der Waals surface area contributed by atoms with E-state index in [0.717, 1.165) is 30.9 Å². The van der Waals surface area contributed by atoms with Crippen LogP contribution in [0, 0.1) is 11.8 Å². The molecule has 1 aromatic heterocycles. The molecule has 9 heteroatoms. The predicted octanol–water partition coefficient (Wildman–Crippen LogP) is 0.880. The number of methoxy groups -OCH3 is 1. The third-order valence-electron chi connectivity index (χ3n) is 5.47. The van der Waals surface area contributed by atoms with Crippen LogP contribution in [-0.2, 0) is 11.2 Å². The summed E-state index contributed by atoms with van der Waals surface area (Å²) in [4.78, 5) is 28.6. The van der Waals surface area contributed by atoms with Crippen molar-refractivity contribution >= 4 is 18.3 Å². The maximum Gasteiger partial charge on any atom is 0.340 e. The van der Waals surface area contributed by atoms with Gasteiger partial charge in [-0.2, -0.15) is 5.10 Å². The average molecular weight is 394 g/mol. The Labute approximate surface area is 163 Å². The van der Waals surface area contributed by atoms with Gasteiger partial charge in [-0.1, -0.05) is 12.1 Å². The number of rotatable bonds is 5. The number of halogens is 1. The SMILES string of the molecule is COc1ccc([C@H]2[C@H]3CNC[C@H]3CN2C(=O)CCc2n[nH]c(=O)[nH]2)cc1.Cl. The first kappa shape index (κ1) is 19.4. The third kappa shape index (κ3) is 3.86. The Hall–Kier alpha value is -2.32. The molecule has 1 amide bonds. The molecule has 0 radical (unpaired) electrons. The number of carbonyl (C=O) groups excluding carboxylic acids is 1. The molecule has 146 valence electrons. The van der Waals surface area contributed by atoms with Crippen molar-refractivity contribution in [1.82, 2.24) is 25.4 Å². The highest BCUT2D eigenvalue weighted by Gasteiger charge is 2.46. The fourth-order valence-corrected chi connectivity index (χ4v) is 4.20. The summed E-state index contributed by atoms with van der Waals surface area (Å²) in [6.07, 6.45) is 0.761. The molecule has 2 aliphatic heterocycles. The molecule has 3 heterocycles. The number of ether oxygens (including phenoxy) is 1. The summed E-state index contributed by atoms with van der Waals surface area (Å²) >= 11 is 0. The van der Waals surface area contributed by atoms with Crippen molar-refractivity contribution in [3.63, 3.8) is 0 Å². The number of benzene rings is 1. The minimum absolute atomic E-state index is 0. The van der Waals surface area contributed by atoms with Gasteiger partial charge in [0.05, 0.1) is 13.2 Å². The molecule has 2 aromatic rings. The second-order valence-corrected chi connectivity index (χ2v) is 6.97. The lowest BCUT2D eigenvalue weighted by Crippen LogP contribution is -2.34. The summed E-state index contributed by atoms with van der Waals surface area (Å²) in [5.41, 5.74) is 0.800. The van der Waals surface area contributed by atoms with Crippen molar-refractivity contribution < 1.29 is 9.53 Å². The zero-order valence-corrected chi connectivity index (χ0v) is 15.9. The Morgan fingerprint density at radius 3 is 2.74 bits per heavy atom. The highest BCUT2D eigenvalue weighted by Crippen LogP contribution is 2.43. The Bertz CT molecular complexity index is 834. The van der Waals surface area contributed by atoms with Crippen LogP contribution in [0.3, 0.4) is 0 Å². The van der Waals surface area contributed by atoms with Crippen molar-refractivity contribution in [3.05, 3.63) is 46.1 Å². The highest BCUT2D eigenvalue weighted by atomic mass is 35.5. The fourth-order valence-electron chi connectivity index (χ4n) is 4.20. The lowest BCUT2D eigenvalue weighted by Gasteiger charge is -2.28. The van der Waals surface area contributed by atoms with Crippen LogP contribution in [0.15, 0.2) is 29.1 Å². The van der Waals surface area contributed by atoms with Crippen LogP contribution >= 0.6 is 12.4 Å². The van der Waals surface area contributed by atoms with E-state index in [-0.39, 0.29) is 30.0 Å². The van der Waals surface area contributed by atoms with Crippen molar-refractivity contribution in [2.75, 3.05) is 26.7 Å². The normalized spacial score (nSPS) is 23.7. The summed E-state index contributed by atoms with van der Waals surface area (Å²) in [7, 11) is 1.65. The number of nitrogens with zero attached hydrogens (tertiary/aromatic N) is 2. The fraction of sp³-hybridized carbons (Fsp3) is 0.500. The van der Waals surface area contributed by atoms with Gasteiger partial charge >= 0.3 is 5.69 Å². The summed E-state index contributed by atoms with van der Waals surface area (Å²) < 4.78 is 5.25. The van der Waals surface area contributed by atoms with Crippen LogP contribution in [0.5, 0.6) is 5.75 Å². The number of H-pyrrole nitrogens is 2. The number of aryl methyl sites for hydroxylation is 1. The van der Waals surface area contributed by atoms with Crippen LogP contribution in [0.25, 0.3) is 0 Å². The van der Waals surface area contributed by atoms with E-state index in [9.17, 15) is 9.59 Å². The van der Waals surface area contributed by atoms with Gasteiger partial charge in [0.15, 0.2) is 0 Å². The van der Waals surface area contributed by atoms with Crippen LogP contribution in [0.1, 0.15) is 23.9 Å². The molecule has 2 aliphatic rings.